The van der Waals surface area contributed by atoms with Crippen molar-refractivity contribution >= 4 is 28.6 Å². The molecule has 0 spiro atoms. The Morgan fingerprint density at radius 1 is 1.35 bits per heavy atom. The maximum atomic E-state index is 11.1. The molecule has 0 saturated carbocycles. The van der Waals surface area contributed by atoms with E-state index in [4.69, 9.17) is 9.84 Å². The fraction of sp³-hybridized carbons (Fsp3) is 0.462. The van der Waals surface area contributed by atoms with E-state index in [-0.39, 0.29) is 0 Å². The van der Waals surface area contributed by atoms with Crippen molar-refractivity contribution in [3.63, 3.8) is 0 Å². The minimum atomic E-state index is -0.899. The molecule has 1 atom stereocenters. The molecule has 3 nitrogen and oxygen atoms in total. The van der Waals surface area contributed by atoms with Gasteiger partial charge in [0, 0.05) is 9.99 Å². The van der Waals surface area contributed by atoms with E-state index < -0.39 is 12.1 Å². The molecule has 94 valence electrons. The molecule has 1 aromatic rings. The number of hydrogen-bond acceptors (Lipinski definition) is 2. The lowest BCUT2D eigenvalue weighted by atomic mass is 10.1. The Morgan fingerprint density at radius 3 is 2.41 bits per heavy atom. The van der Waals surface area contributed by atoms with Gasteiger partial charge in [-0.05, 0) is 46.2 Å². The molecule has 0 amide bonds. The number of rotatable bonds is 6. The quantitative estimate of drug-likeness (QED) is 0.804. The van der Waals surface area contributed by atoms with Gasteiger partial charge in [-0.15, -0.1) is 0 Å². The summed E-state index contributed by atoms with van der Waals surface area (Å²) in [6.07, 6.45) is -0.337. The lowest BCUT2D eigenvalue weighted by Gasteiger charge is -2.15. The minimum absolute atomic E-state index is 0.341. The van der Waals surface area contributed by atoms with Gasteiger partial charge in [0.1, 0.15) is 0 Å². The number of halogens is 1. The molecule has 1 aromatic carbocycles. The number of carboxylic acid groups (broad SMARTS) is 1. The number of benzene rings is 1. The summed E-state index contributed by atoms with van der Waals surface area (Å²) in [5.74, 6) is -0.558. The van der Waals surface area contributed by atoms with Crippen molar-refractivity contribution in [3.8, 4) is 0 Å². The Balaban J connectivity index is 2.60. The Morgan fingerprint density at radius 2 is 1.94 bits per heavy atom. The molecule has 17 heavy (non-hydrogen) atoms. The van der Waals surface area contributed by atoms with Gasteiger partial charge in [-0.2, -0.15) is 0 Å². The van der Waals surface area contributed by atoms with Gasteiger partial charge in [0.05, 0.1) is 6.61 Å². The predicted molar refractivity (Wildman–Crippen MR) is 75.1 cm³/mol. The number of ether oxygens (including phenoxy) is 1. The van der Waals surface area contributed by atoms with Crippen LogP contribution >= 0.6 is 22.6 Å². The van der Waals surface area contributed by atoms with Gasteiger partial charge >= 0.3 is 5.97 Å². The second-order valence-corrected chi connectivity index (χ2v) is 5.63. The molecule has 0 aliphatic heterocycles. The first-order valence-electron chi connectivity index (χ1n) is 5.58. The monoisotopic (exact) mass is 348 g/mol. The minimum Gasteiger partial charge on any atom is -0.479 e. The topological polar surface area (TPSA) is 46.5 Å². The molecular formula is C13H17IO3. The summed E-state index contributed by atoms with van der Waals surface area (Å²) in [4.78, 5) is 11.1. The highest BCUT2D eigenvalue weighted by molar-refractivity contribution is 14.1. The van der Waals surface area contributed by atoms with Crippen LogP contribution in [0.25, 0.3) is 0 Å². The van der Waals surface area contributed by atoms with E-state index in [2.05, 4.69) is 22.6 Å². The van der Waals surface area contributed by atoms with Gasteiger partial charge < -0.3 is 9.84 Å². The van der Waals surface area contributed by atoms with Crippen LogP contribution in [0.4, 0.5) is 0 Å². The Kier molecular flexibility index (Phi) is 5.91. The zero-order chi connectivity index (χ0) is 12.8. The third-order valence-corrected chi connectivity index (χ3v) is 2.96. The van der Waals surface area contributed by atoms with Gasteiger partial charge in [-0.25, -0.2) is 4.79 Å². The van der Waals surface area contributed by atoms with Crippen molar-refractivity contribution in [1.29, 1.82) is 0 Å². The molecule has 0 aliphatic carbocycles. The Labute approximate surface area is 115 Å². The van der Waals surface area contributed by atoms with Crippen molar-refractivity contribution in [1.82, 2.24) is 0 Å². The Hall–Kier alpha value is -0.620. The van der Waals surface area contributed by atoms with Gasteiger partial charge in [-0.3, -0.25) is 0 Å². The maximum Gasteiger partial charge on any atom is 0.333 e. The van der Waals surface area contributed by atoms with Gasteiger partial charge in [-0.1, -0.05) is 26.0 Å². The predicted octanol–water partition coefficient (Wildman–Crippen LogP) is 2.96. The van der Waals surface area contributed by atoms with Crippen molar-refractivity contribution in [3.05, 3.63) is 33.4 Å². The fourth-order valence-corrected chi connectivity index (χ4v) is 1.72. The fourth-order valence-electron chi connectivity index (χ4n) is 1.36. The standard InChI is InChI=1S/C13H17IO3/c1-9(2)8-17-12(13(15)16)7-10-3-5-11(14)6-4-10/h3-6,9,12H,7-8H2,1-2H3,(H,15,16)/t12-/m1/s1. The highest BCUT2D eigenvalue weighted by Gasteiger charge is 2.18. The molecule has 0 bridgehead atoms. The van der Waals surface area contributed by atoms with E-state index >= 15 is 0 Å². The zero-order valence-electron chi connectivity index (χ0n) is 10.0. The second-order valence-electron chi connectivity index (χ2n) is 4.38. The average Bonchev–Trinajstić information content (AvgIpc) is 2.26. The van der Waals surface area contributed by atoms with Gasteiger partial charge in [0.25, 0.3) is 0 Å². The molecule has 1 rings (SSSR count). The van der Waals surface area contributed by atoms with Crippen LogP contribution in [-0.4, -0.2) is 23.8 Å². The summed E-state index contributed by atoms with van der Waals surface area (Å²) in [7, 11) is 0. The highest BCUT2D eigenvalue weighted by atomic mass is 127. The lowest BCUT2D eigenvalue weighted by molar-refractivity contribution is -0.150. The summed E-state index contributed by atoms with van der Waals surface area (Å²) in [5, 5.41) is 9.08. The van der Waals surface area contributed by atoms with Crippen molar-refractivity contribution in [2.45, 2.75) is 26.4 Å². The SMILES string of the molecule is CC(C)CO[C@H](Cc1ccc(I)cc1)C(=O)O. The third kappa shape index (κ3) is 5.50. The van der Waals surface area contributed by atoms with Crippen LogP contribution in [0.2, 0.25) is 0 Å². The highest BCUT2D eigenvalue weighted by Crippen LogP contribution is 2.11. The van der Waals surface area contributed by atoms with Crippen molar-refractivity contribution in [2.75, 3.05) is 6.61 Å². The largest absolute Gasteiger partial charge is 0.479 e. The van der Waals surface area contributed by atoms with Crippen LogP contribution in [0.1, 0.15) is 19.4 Å². The first kappa shape index (κ1) is 14.4. The van der Waals surface area contributed by atoms with E-state index in [1.807, 2.05) is 38.1 Å². The molecule has 0 saturated heterocycles. The van der Waals surface area contributed by atoms with Crippen LogP contribution in [0, 0.1) is 9.49 Å². The normalized spacial score (nSPS) is 12.7. The van der Waals surface area contributed by atoms with Crippen LogP contribution in [0.5, 0.6) is 0 Å². The molecule has 0 fully saturated rings. The molecule has 0 radical (unpaired) electrons. The van der Waals surface area contributed by atoms with E-state index in [1.54, 1.807) is 0 Å². The molecule has 4 heteroatoms. The lowest BCUT2D eigenvalue weighted by Crippen LogP contribution is -2.28. The summed E-state index contributed by atoms with van der Waals surface area (Å²) in [6, 6.07) is 7.82. The maximum absolute atomic E-state index is 11.1. The molecule has 0 unspecified atom stereocenters. The molecular weight excluding hydrogens is 331 g/mol. The van der Waals surface area contributed by atoms with Crippen LogP contribution in [-0.2, 0) is 16.0 Å². The van der Waals surface area contributed by atoms with E-state index in [9.17, 15) is 4.79 Å². The number of carbonyl (C=O) groups is 1. The zero-order valence-corrected chi connectivity index (χ0v) is 12.2. The number of hydrogen-bond donors (Lipinski definition) is 1. The van der Waals surface area contributed by atoms with E-state index in [0.717, 1.165) is 9.13 Å². The summed E-state index contributed by atoms with van der Waals surface area (Å²) < 4.78 is 6.54. The second kappa shape index (κ2) is 6.96. The number of carboxylic acids is 1. The van der Waals surface area contributed by atoms with Gasteiger partial charge in [0.15, 0.2) is 6.10 Å². The van der Waals surface area contributed by atoms with Gasteiger partial charge in [0.2, 0.25) is 0 Å². The van der Waals surface area contributed by atoms with E-state index in [0.29, 0.717) is 18.9 Å². The van der Waals surface area contributed by atoms with Crippen molar-refractivity contribution in [2.24, 2.45) is 5.92 Å². The average molecular weight is 348 g/mol. The Bertz CT molecular complexity index is 359. The van der Waals surface area contributed by atoms with E-state index in [1.165, 1.54) is 0 Å². The van der Waals surface area contributed by atoms with Crippen molar-refractivity contribution < 1.29 is 14.6 Å². The third-order valence-electron chi connectivity index (χ3n) is 2.24. The molecule has 1 N–H and O–H groups in total. The van der Waals surface area contributed by atoms with Crippen LogP contribution < -0.4 is 0 Å². The summed E-state index contributed by atoms with van der Waals surface area (Å²) >= 11 is 2.22. The first-order chi connectivity index (χ1) is 7.99. The van der Waals surface area contributed by atoms with Crippen LogP contribution in [0.3, 0.4) is 0 Å². The van der Waals surface area contributed by atoms with Crippen LogP contribution in [0.15, 0.2) is 24.3 Å². The number of aliphatic carboxylic acids is 1. The molecule has 0 aliphatic rings. The summed E-state index contributed by atoms with van der Waals surface area (Å²) in [6.45, 7) is 4.48. The molecule has 0 aromatic heterocycles. The smallest absolute Gasteiger partial charge is 0.333 e. The molecule has 0 heterocycles. The first-order valence-corrected chi connectivity index (χ1v) is 6.65. The summed E-state index contributed by atoms with van der Waals surface area (Å²) in [5.41, 5.74) is 0.988.